The normalized spacial score (nSPS) is 11.5. The molecule has 2 aromatic rings. The van der Waals surface area contributed by atoms with Gasteiger partial charge in [-0.05, 0) is 49.7 Å². The van der Waals surface area contributed by atoms with Crippen molar-refractivity contribution in [2.24, 2.45) is 0 Å². The number of halogens is 1. The van der Waals surface area contributed by atoms with Gasteiger partial charge in [0, 0.05) is 11.6 Å². The first-order chi connectivity index (χ1) is 12.0. The summed E-state index contributed by atoms with van der Waals surface area (Å²) in [4.78, 5) is 24.6. The minimum atomic E-state index is -0.729. The molecule has 6 heteroatoms. The lowest BCUT2D eigenvalue weighted by molar-refractivity contribution is -0.122. The molecule has 0 aromatic heterocycles. The van der Waals surface area contributed by atoms with Gasteiger partial charge in [0.05, 0.1) is 11.3 Å². The molecular formula is C19H21ClN2O3. The standard InChI is InChI=1S/C19H21ClN2O3/c1-3-12-21-19(24)16-6-4-5-7-17(16)22-18(23)13(2)25-15-10-8-14(20)9-11-15/h4-11,13H,3,12H2,1-2H3,(H,21,24)(H,22,23). The minimum Gasteiger partial charge on any atom is -0.481 e. The first-order valence-electron chi connectivity index (χ1n) is 8.11. The largest absolute Gasteiger partial charge is 0.481 e. The number of amides is 2. The lowest BCUT2D eigenvalue weighted by Crippen LogP contribution is -2.31. The molecule has 2 amide bonds. The van der Waals surface area contributed by atoms with Gasteiger partial charge >= 0.3 is 0 Å². The molecule has 0 spiro atoms. The summed E-state index contributed by atoms with van der Waals surface area (Å²) in [6.07, 6.45) is 0.111. The van der Waals surface area contributed by atoms with Crippen LogP contribution in [0.15, 0.2) is 48.5 Å². The van der Waals surface area contributed by atoms with Crippen molar-refractivity contribution in [1.29, 1.82) is 0 Å². The summed E-state index contributed by atoms with van der Waals surface area (Å²) in [6, 6.07) is 13.6. The smallest absolute Gasteiger partial charge is 0.265 e. The van der Waals surface area contributed by atoms with E-state index in [1.807, 2.05) is 6.92 Å². The highest BCUT2D eigenvalue weighted by atomic mass is 35.5. The van der Waals surface area contributed by atoms with Crippen LogP contribution in [0.2, 0.25) is 5.02 Å². The summed E-state index contributed by atoms with van der Waals surface area (Å²) in [5, 5.41) is 6.15. The van der Waals surface area contributed by atoms with Gasteiger partial charge < -0.3 is 15.4 Å². The van der Waals surface area contributed by atoms with E-state index >= 15 is 0 Å². The molecular weight excluding hydrogens is 340 g/mol. The van der Waals surface area contributed by atoms with Crippen molar-refractivity contribution in [3.63, 3.8) is 0 Å². The molecule has 2 rings (SSSR count). The number of benzene rings is 2. The molecule has 2 N–H and O–H groups in total. The van der Waals surface area contributed by atoms with Gasteiger partial charge in [-0.1, -0.05) is 30.7 Å². The maximum Gasteiger partial charge on any atom is 0.265 e. The number of anilines is 1. The van der Waals surface area contributed by atoms with Crippen LogP contribution in [0.5, 0.6) is 5.75 Å². The zero-order valence-electron chi connectivity index (χ0n) is 14.2. The van der Waals surface area contributed by atoms with Crippen LogP contribution >= 0.6 is 11.6 Å². The third-order valence-corrected chi connectivity index (χ3v) is 3.71. The second-order valence-electron chi connectivity index (χ2n) is 5.50. The predicted octanol–water partition coefficient (Wildman–Crippen LogP) is 3.89. The average molecular weight is 361 g/mol. The summed E-state index contributed by atoms with van der Waals surface area (Å²) < 4.78 is 5.60. The van der Waals surface area contributed by atoms with Gasteiger partial charge in [-0.2, -0.15) is 0 Å². The summed E-state index contributed by atoms with van der Waals surface area (Å²) >= 11 is 5.83. The Bertz CT molecular complexity index is 732. The molecule has 0 aliphatic carbocycles. The highest BCUT2D eigenvalue weighted by Crippen LogP contribution is 2.19. The zero-order valence-corrected chi connectivity index (χ0v) is 15.0. The molecule has 0 radical (unpaired) electrons. The molecule has 0 fully saturated rings. The topological polar surface area (TPSA) is 67.4 Å². The molecule has 0 bridgehead atoms. The van der Waals surface area contributed by atoms with Crippen LogP contribution in [0.25, 0.3) is 0 Å². The van der Waals surface area contributed by atoms with E-state index in [0.29, 0.717) is 28.6 Å². The van der Waals surface area contributed by atoms with Gasteiger partial charge in [0.2, 0.25) is 0 Å². The molecule has 0 aliphatic rings. The van der Waals surface area contributed by atoms with Crippen LogP contribution in [-0.4, -0.2) is 24.5 Å². The minimum absolute atomic E-state index is 0.218. The van der Waals surface area contributed by atoms with E-state index in [9.17, 15) is 9.59 Å². The average Bonchev–Trinajstić information content (AvgIpc) is 2.62. The van der Waals surface area contributed by atoms with Gasteiger partial charge in [0.15, 0.2) is 6.10 Å². The van der Waals surface area contributed by atoms with Gasteiger partial charge in [0.25, 0.3) is 11.8 Å². The maximum atomic E-state index is 12.4. The highest BCUT2D eigenvalue weighted by Gasteiger charge is 2.18. The second-order valence-corrected chi connectivity index (χ2v) is 5.94. The van der Waals surface area contributed by atoms with Crippen LogP contribution in [0.4, 0.5) is 5.69 Å². The zero-order chi connectivity index (χ0) is 18.2. The summed E-state index contributed by atoms with van der Waals surface area (Å²) in [5.74, 6) is -0.0178. The molecule has 0 saturated carbocycles. The first kappa shape index (κ1) is 18.8. The van der Waals surface area contributed by atoms with Crippen molar-refractivity contribution in [2.75, 3.05) is 11.9 Å². The number of carbonyl (C=O) groups is 2. The molecule has 0 heterocycles. The molecule has 0 saturated heterocycles. The SMILES string of the molecule is CCCNC(=O)c1ccccc1NC(=O)C(C)Oc1ccc(Cl)cc1. The highest BCUT2D eigenvalue weighted by molar-refractivity contribution is 6.30. The second kappa shape index (κ2) is 9.08. The van der Waals surface area contributed by atoms with E-state index in [1.165, 1.54) is 0 Å². The maximum absolute atomic E-state index is 12.4. The van der Waals surface area contributed by atoms with E-state index in [4.69, 9.17) is 16.3 Å². The lowest BCUT2D eigenvalue weighted by Gasteiger charge is -2.16. The van der Waals surface area contributed by atoms with Crippen molar-refractivity contribution < 1.29 is 14.3 Å². The number of rotatable bonds is 7. The fraction of sp³-hybridized carbons (Fsp3) is 0.263. The molecule has 5 nitrogen and oxygen atoms in total. The van der Waals surface area contributed by atoms with Crippen molar-refractivity contribution in [2.45, 2.75) is 26.4 Å². The molecule has 1 atom stereocenters. The molecule has 1 unspecified atom stereocenters. The van der Waals surface area contributed by atoms with Crippen LogP contribution in [-0.2, 0) is 4.79 Å². The van der Waals surface area contributed by atoms with Crippen molar-refractivity contribution in [3.05, 3.63) is 59.1 Å². The Morgan fingerprint density at radius 1 is 1.12 bits per heavy atom. The number of hydrogen-bond donors (Lipinski definition) is 2. The van der Waals surface area contributed by atoms with E-state index in [2.05, 4.69) is 10.6 Å². The van der Waals surface area contributed by atoms with Crippen molar-refractivity contribution in [1.82, 2.24) is 5.32 Å². The number of carbonyl (C=O) groups excluding carboxylic acids is 2. The van der Waals surface area contributed by atoms with Gasteiger partial charge in [-0.25, -0.2) is 0 Å². The van der Waals surface area contributed by atoms with E-state index in [1.54, 1.807) is 55.5 Å². The Morgan fingerprint density at radius 3 is 2.48 bits per heavy atom. The Morgan fingerprint density at radius 2 is 1.80 bits per heavy atom. The third-order valence-electron chi connectivity index (χ3n) is 3.46. The van der Waals surface area contributed by atoms with Crippen LogP contribution in [0, 0.1) is 0 Å². The molecule has 0 aliphatic heterocycles. The Balaban J connectivity index is 2.04. The Hall–Kier alpha value is -2.53. The van der Waals surface area contributed by atoms with Crippen LogP contribution in [0.3, 0.4) is 0 Å². The summed E-state index contributed by atoms with van der Waals surface area (Å²) in [5.41, 5.74) is 0.871. The van der Waals surface area contributed by atoms with Crippen LogP contribution < -0.4 is 15.4 Å². The van der Waals surface area contributed by atoms with Crippen LogP contribution in [0.1, 0.15) is 30.6 Å². The first-order valence-corrected chi connectivity index (χ1v) is 8.49. The lowest BCUT2D eigenvalue weighted by atomic mass is 10.1. The molecule has 2 aromatic carbocycles. The van der Waals surface area contributed by atoms with E-state index in [-0.39, 0.29) is 11.8 Å². The molecule has 25 heavy (non-hydrogen) atoms. The summed E-state index contributed by atoms with van der Waals surface area (Å²) in [7, 11) is 0. The quantitative estimate of drug-likeness (QED) is 0.787. The van der Waals surface area contributed by atoms with Gasteiger partial charge in [-0.15, -0.1) is 0 Å². The number of para-hydroxylation sites is 1. The van der Waals surface area contributed by atoms with Gasteiger partial charge in [-0.3, -0.25) is 9.59 Å². The number of hydrogen-bond acceptors (Lipinski definition) is 3. The van der Waals surface area contributed by atoms with Crippen molar-refractivity contribution in [3.8, 4) is 5.75 Å². The summed E-state index contributed by atoms with van der Waals surface area (Å²) in [6.45, 7) is 4.20. The van der Waals surface area contributed by atoms with Crippen molar-refractivity contribution >= 4 is 29.1 Å². The fourth-order valence-electron chi connectivity index (χ4n) is 2.13. The number of nitrogens with one attached hydrogen (secondary N) is 2. The monoisotopic (exact) mass is 360 g/mol. The third kappa shape index (κ3) is 5.50. The Labute approximate surface area is 152 Å². The molecule has 132 valence electrons. The number of ether oxygens (including phenoxy) is 1. The Kier molecular flexibility index (Phi) is 6.83. The predicted molar refractivity (Wildman–Crippen MR) is 99.2 cm³/mol. The fourth-order valence-corrected chi connectivity index (χ4v) is 2.26. The van der Waals surface area contributed by atoms with Gasteiger partial charge in [0.1, 0.15) is 5.75 Å². The van der Waals surface area contributed by atoms with E-state index in [0.717, 1.165) is 6.42 Å². The van der Waals surface area contributed by atoms with E-state index < -0.39 is 6.10 Å².